The lowest BCUT2D eigenvalue weighted by molar-refractivity contribution is 0.877. The van der Waals surface area contributed by atoms with Crippen LogP contribution in [-0.2, 0) is 0 Å². The van der Waals surface area contributed by atoms with Gasteiger partial charge in [-0.05, 0) is 25.0 Å². The van der Waals surface area contributed by atoms with Crippen LogP contribution in [0.1, 0.15) is 18.9 Å². The van der Waals surface area contributed by atoms with E-state index >= 15 is 0 Å². The van der Waals surface area contributed by atoms with Gasteiger partial charge in [0, 0.05) is 30.5 Å². The topological polar surface area (TPSA) is 29.3 Å². The molecule has 0 fully saturated rings. The molecule has 0 aromatic heterocycles. The third-order valence-electron chi connectivity index (χ3n) is 2.89. The molecule has 2 N–H and O–H groups in total. The van der Waals surface area contributed by atoms with Gasteiger partial charge in [0.05, 0.1) is 0 Å². The fourth-order valence-corrected chi connectivity index (χ4v) is 1.85. The molecule has 0 saturated carbocycles. The van der Waals surface area contributed by atoms with Gasteiger partial charge in [-0.25, -0.2) is 0 Å². The van der Waals surface area contributed by atoms with Crippen LogP contribution in [0.5, 0.6) is 0 Å². The van der Waals surface area contributed by atoms with Gasteiger partial charge in [0.15, 0.2) is 0 Å². The number of nitrogens with two attached hydrogens (primary N) is 1. The second kappa shape index (κ2) is 3.37. The number of para-hydroxylation sites is 1. The highest BCUT2D eigenvalue weighted by atomic mass is 15.1. The van der Waals surface area contributed by atoms with E-state index in [1.807, 2.05) is 6.07 Å². The van der Waals surface area contributed by atoms with Gasteiger partial charge < -0.3 is 10.6 Å². The molecule has 0 bridgehead atoms. The van der Waals surface area contributed by atoms with Gasteiger partial charge >= 0.3 is 0 Å². The summed E-state index contributed by atoms with van der Waals surface area (Å²) in [6.07, 6.45) is 1.05. The molecule has 1 aliphatic rings. The van der Waals surface area contributed by atoms with Gasteiger partial charge in [0.25, 0.3) is 0 Å². The van der Waals surface area contributed by atoms with Crippen molar-refractivity contribution < 1.29 is 0 Å². The van der Waals surface area contributed by atoms with Gasteiger partial charge in [-0.15, -0.1) is 0 Å². The SMILES string of the molecule is CC1=C(N)c2ccccc2N(C)CC1. The summed E-state index contributed by atoms with van der Waals surface area (Å²) in [5.74, 6) is 0. The van der Waals surface area contributed by atoms with Crippen LogP contribution in [0, 0.1) is 0 Å². The minimum absolute atomic E-state index is 0.949. The van der Waals surface area contributed by atoms with E-state index in [0.29, 0.717) is 0 Å². The first-order chi connectivity index (χ1) is 6.70. The van der Waals surface area contributed by atoms with Crippen LogP contribution in [0.4, 0.5) is 5.69 Å². The molecule has 1 aromatic rings. The maximum absolute atomic E-state index is 6.11. The summed E-state index contributed by atoms with van der Waals surface area (Å²) < 4.78 is 0. The minimum Gasteiger partial charge on any atom is -0.398 e. The molecule has 1 heterocycles. The molecule has 0 saturated heterocycles. The van der Waals surface area contributed by atoms with Crippen LogP contribution < -0.4 is 10.6 Å². The monoisotopic (exact) mass is 188 g/mol. The number of rotatable bonds is 0. The van der Waals surface area contributed by atoms with Crippen molar-refractivity contribution in [1.82, 2.24) is 0 Å². The van der Waals surface area contributed by atoms with E-state index in [2.05, 4.69) is 37.1 Å². The summed E-state index contributed by atoms with van der Waals surface area (Å²) in [5, 5.41) is 0. The molecule has 1 aliphatic heterocycles. The fourth-order valence-electron chi connectivity index (χ4n) is 1.85. The van der Waals surface area contributed by atoms with E-state index in [4.69, 9.17) is 5.73 Å². The van der Waals surface area contributed by atoms with E-state index in [-0.39, 0.29) is 0 Å². The standard InChI is InChI=1S/C12H16N2/c1-9-7-8-14(2)11-6-4-3-5-10(11)12(9)13/h3-6H,7-8,13H2,1-2H3. The zero-order valence-corrected chi connectivity index (χ0v) is 8.75. The molecule has 0 amide bonds. The summed E-state index contributed by atoms with van der Waals surface area (Å²) in [5.41, 5.74) is 10.8. The Bertz CT molecular complexity index is 380. The largest absolute Gasteiger partial charge is 0.398 e. The van der Waals surface area contributed by atoms with Crippen molar-refractivity contribution in [3.63, 3.8) is 0 Å². The molecule has 14 heavy (non-hydrogen) atoms. The first kappa shape index (κ1) is 9.13. The molecular weight excluding hydrogens is 172 g/mol. The molecule has 2 heteroatoms. The highest BCUT2D eigenvalue weighted by Crippen LogP contribution is 2.29. The zero-order chi connectivity index (χ0) is 10.1. The number of hydrogen-bond donors (Lipinski definition) is 1. The van der Waals surface area contributed by atoms with Crippen molar-refractivity contribution in [3.05, 3.63) is 35.4 Å². The lowest BCUT2D eigenvalue weighted by Gasteiger charge is -2.19. The average Bonchev–Trinajstić information content (AvgIpc) is 2.33. The van der Waals surface area contributed by atoms with Crippen molar-refractivity contribution in [1.29, 1.82) is 0 Å². The molecule has 0 radical (unpaired) electrons. The van der Waals surface area contributed by atoms with Crippen molar-refractivity contribution in [3.8, 4) is 0 Å². The Labute approximate surface area is 85.0 Å². The summed E-state index contributed by atoms with van der Waals surface area (Å²) in [4.78, 5) is 2.26. The van der Waals surface area contributed by atoms with Crippen LogP contribution in [-0.4, -0.2) is 13.6 Å². The molecular formula is C12H16N2. The quantitative estimate of drug-likeness (QED) is 0.676. The average molecular weight is 188 g/mol. The van der Waals surface area contributed by atoms with Crippen LogP contribution in [0.2, 0.25) is 0 Å². The van der Waals surface area contributed by atoms with Gasteiger partial charge in [-0.2, -0.15) is 0 Å². The minimum atomic E-state index is 0.949. The first-order valence-electron chi connectivity index (χ1n) is 4.96. The van der Waals surface area contributed by atoms with E-state index in [1.165, 1.54) is 16.8 Å². The second-order valence-electron chi connectivity index (χ2n) is 3.88. The van der Waals surface area contributed by atoms with Gasteiger partial charge in [0.2, 0.25) is 0 Å². The van der Waals surface area contributed by atoms with Crippen LogP contribution in [0.25, 0.3) is 5.70 Å². The van der Waals surface area contributed by atoms with E-state index in [0.717, 1.165) is 18.7 Å². The van der Waals surface area contributed by atoms with Gasteiger partial charge in [-0.1, -0.05) is 18.2 Å². The molecule has 0 unspecified atom stereocenters. The van der Waals surface area contributed by atoms with Crippen LogP contribution in [0.3, 0.4) is 0 Å². The molecule has 0 aliphatic carbocycles. The second-order valence-corrected chi connectivity index (χ2v) is 3.88. The van der Waals surface area contributed by atoms with Crippen LogP contribution >= 0.6 is 0 Å². The first-order valence-corrected chi connectivity index (χ1v) is 4.96. The summed E-state index contributed by atoms with van der Waals surface area (Å²) >= 11 is 0. The maximum Gasteiger partial charge on any atom is 0.0458 e. The summed E-state index contributed by atoms with van der Waals surface area (Å²) in [6.45, 7) is 3.16. The third kappa shape index (κ3) is 1.37. The molecule has 0 atom stereocenters. The van der Waals surface area contributed by atoms with Gasteiger partial charge in [-0.3, -0.25) is 0 Å². The lowest BCUT2D eigenvalue weighted by atomic mass is 10.1. The Morgan fingerprint density at radius 2 is 2.00 bits per heavy atom. The van der Waals surface area contributed by atoms with Crippen molar-refractivity contribution in [2.45, 2.75) is 13.3 Å². The molecule has 1 aromatic carbocycles. The number of benzene rings is 1. The smallest absolute Gasteiger partial charge is 0.0458 e. The summed E-state index contributed by atoms with van der Waals surface area (Å²) in [7, 11) is 2.12. The molecule has 0 spiro atoms. The third-order valence-corrected chi connectivity index (χ3v) is 2.89. The number of fused-ring (bicyclic) bond motifs is 1. The number of hydrogen-bond acceptors (Lipinski definition) is 2. The predicted octanol–water partition coefficient (Wildman–Crippen LogP) is 2.22. The maximum atomic E-state index is 6.11. The van der Waals surface area contributed by atoms with Gasteiger partial charge in [0.1, 0.15) is 0 Å². The van der Waals surface area contributed by atoms with E-state index < -0.39 is 0 Å². The molecule has 2 nitrogen and oxygen atoms in total. The number of anilines is 1. The van der Waals surface area contributed by atoms with Crippen molar-refractivity contribution in [2.75, 3.05) is 18.5 Å². The van der Waals surface area contributed by atoms with Crippen molar-refractivity contribution >= 4 is 11.4 Å². The van der Waals surface area contributed by atoms with Crippen LogP contribution in [0.15, 0.2) is 29.8 Å². The Hall–Kier alpha value is -1.44. The normalized spacial score (nSPS) is 16.6. The number of nitrogens with zero attached hydrogens (tertiary/aromatic N) is 1. The fraction of sp³-hybridized carbons (Fsp3) is 0.333. The van der Waals surface area contributed by atoms with E-state index in [1.54, 1.807) is 0 Å². The molecule has 2 rings (SSSR count). The Morgan fingerprint density at radius 1 is 1.29 bits per heavy atom. The predicted molar refractivity (Wildman–Crippen MR) is 61.1 cm³/mol. The Morgan fingerprint density at radius 3 is 2.79 bits per heavy atom. The van der Waals surface area contributed by atoms with E-state index in [9.17, 15) is 0 Å². The van der Waals surface area contributed by atoms with Crippen molar-refractivity contribution in [2.24, 2.45) is 5.73 Å². The Kier molecular flexibility index (Phi) is 2.20. The zero-order valence-electron chi connectivity index (χ0n) is 8.75. The lowest BCUT2D eigenvalue weighted by Crippen LogP contribution is -2.18. The highest BCUT2D eigenvalue weighted by molar-refractivity contribution is 5.77. The highest BCUT2D eigenvalue weighted by Gasteiger charge is 2.14. The Balaban J connectivity index is 2.60. The molecule has 74 valence electrons. The summed E-state index contributed by atoms with van der Waals surface area (Å²) in [6, 6.07) is 8.32.